The van der Waals surface area contributed by atoms with Crippen molar-refractivity contribution in [1.82, 2.24) is 9.47 Å². The van der Waals surface area contributed by atoms with Gasteiger partial charge in [-0.2, -0.15) is 0 Å². The van der Waals surface area contributed by atoms with Crippen LogP contribution in [0.1, 0.15) is 18.7 Å². The number of aromatic nitrogens is 1. The van der Waals surface area contributed by atoms with Gasteiger partial charge in [-0.3, -0.25) is 4.90 Å². The van der Waals surface area contributed by atoms with Crippen LogP contribution in [0.3, 0.4) is 0 Å². The molecule has 0 spiro atoms. The third kappa shape index (κ3) is 2.45. The number of aryl methyl sites for hydroxylation is 1. The molecule has 1 aromatic heterocycles. The molecule has 0 aliphatic carbocycles. The molecule has 3 heteroatoms. The van der Waals surface area contributed by atoms with E-state index in [1.54, 1.807) is 7.11 Å². The zero-order valence-electron chi connectivity index (χ0n) is 12.0. The molecule has 0 saturated carbocycles. The van der Waals surface area contributed by atoms with Crippen LogP contribution >= 0.6 is 0 Å². The molecule has 0 saturated heterocycles. The first kappa shape index (κ1) is 13.5. The maximum absolute atomic E-state index is 5.38. The minimum atomic E-state index is 0.277. The molecule has 2 aromatic rings. The summed E-state index contributed by atoms with van der Waals surface area (Å²) in [6.07, 6.45) is 5.38. The van der Waals surface area contributed by atoms with E-state index < -0.39 is 0 Å². The zero-order valence-corrected chi connectivity index (χ0v) is 12.0. The van der Waals surface area contributed by atoms with Crippen molar-refractivity contribution in [3.8, 4) is 18.1 Å². The number of nitrogens with zero attached hydrogens (tertiary/aromatic N) is 2. The molecule has 1 unspecified atom stereocenters. The number of benzene rings is 1. The molecule has 1 heterocycles. The SMILES string of the molecule is C#CCN(C)C(C)c1cc2cc(OC)ccc2n1C. The lowest BCUT2D eigenvalue weighted by molar-refractivity contribution is 0.285. The van der Waals surface area contributed by atoms with Crippen LogP contribution < -0.4 is 4.74 Å². The van der Waals surface area contributed by atoms with Crippen LogP contribution in [0.4, 0.5) is 0 Å². The lowest BCUT2D eigenvalue weighted by Gasteiger charge is -2.23. The average molecular weight is 256 g/mol. The van der Waals surface area contributed by atoms with E-state index in [0.717, 1.165) is 5.75 Å². The Hall–Kier alpha value is -1.92. The third-order valence-electron chi connectivity index (χ3n) is 3.72. The molecule has 0 bridgehead atoms. The van der Waals surface area contributed by atoms with Crippen molar-refractivity contribution in [3.63, 3.8) is 0 Å². The van der Waals surface area contributed by atoms with Gasteiger partial charge in [0.25, 0.3) is 0 Å². The second-order valence-corrected chi connectivity index (χ2v) is 4.85. The smallest absolute Gasteiger partial charge is 0.119 e. The molecule has 0 fully saturated rings. The fourth-order valence-corrected chi connectivity index (χ4v) is 2.38. The van der Waals surface area contributed by atoms with Crippen LogP contribution in [0.2, 0.25) is 0 Å². The summed E-state index contributed by atoms with van der Waals surface area (Å²) in [6.45, 7) is 2.81. The van der Waals surface area contributed by atoms with Gasteiger partial charge in [0.2, 0.25) is 0 Å². The van der Waals surface area contributed by atoms with Crippen LogP contribution in [0.5, 0.6) is 5.75 Å². The highest BCUT2D eigenvalue weighted by molar-refractivity contribution is 5.83. The molecule has 0 aliphatic heterocycles. The van der Waals surface area contributed by atoms with E-state index >= 15 is 0 Å². The van der Waals surface area contributed by atoms with E-state index in [9.17, 15) is 0 Å². The van der Waals surface area contributed by atoms with Crippen molar-refractivity contribution < 1.29 is 4.74 Å². The minimum Gasteiger partial charge on any atom is -0.497 e. The summed E-state index contributed by atoms with van der Waals surface area (Å²) in [5.74, 6) is 3.57. The second kappa shape index (κ2) is 5.38. The second-order valence-electron chi connectivity index (χ2n) is 4.85. The van der Waals surface area contributed by atoms with Crippen molar-refractivity contribution in [2.24, 2.45) is 7.05 Å². The van der Waals surface area contributed by atoms with Crippen LogP contribution in [0.25, 0.3) is 10.9 Å². The predicted molar refractivity (Wildman–Crippen MR) is 79.3 cm³/mol. The van der Waals surface area contributed by atoms with Gasteiger partial charge in [0, 0.05) is 29.7 Å². The molecule has 100 valence electrons. The number of rotatable bonds is 4. The quantitative estimate of drug-likeness (QED) is 0.783. The topological polar surface area (TPSA) is 17.4 Å². The largest absolute Gasteiger partial charge is 0.497 e. The van der Waals surface area contributed by atoms with E-state index in [2.05, 4.69) is 47.6 Å². The molecular formula is C16H20N2O. The third-order valence-corrected chi connectivity index (χ3v) is 3.72. The summed E-state index contributed by atoms with van der Waals surface area (Å²) in [5, 5.41) is 1.19. The van der Waals surface area contributed by atoms with Gasteiger partial charge in [0.05, 0.1) is 13.7 Å². The summed E-state index contributed by atoms with van der Waals surface area (Å²) in [4.78, 5) is 2.16. The van der Waals surface area contributed by atoms with Crippen molar-refractivity contribution in [2.45, 2.75) is 13.0 Å². The molecule has 0 aliphatic rings. The normalized spacial score (nSPS) is 12.6. The Bertz CT molecular complexity index is 621. The fraction of sp³-hybridized carbons (Fsp3) is 0.375. The van der Waals surface area contributed by atoms with E-state index in [4.69, 9.17) is 11.2 Å². The van der Waals surface area contributed by atoms with Gasteiger partial charge in [-0.15, -0.1) is 6.42 Å². The molecular weight excluding hydrogens is 236 g/mol. The molecule has 2 rings (SSSR count). The van der Waals surface area contributed by atoms with Gasteiger partial charge in [-0.1, -0.05) is 5.92 Å². The molecule has 3 nitrogen and oxygen atoms in total. The first-order valence-corrected chi connectivity index (χ1v) is 6.35. The Morgan fingerprint density at radius 3 is 2.79 bits per heavy atom. The van der Waals surface area contributed by atoms with Crippen LogP contribution in [-0.2, 0) is 7.05 Å². The Labute approximate surface area is 114 Å². The highest BCUT2D eigenvalue weighted by Gasteiger charge is 2.16. The summed E-state index contributed by atoms with van der Waals surface area (Å²) in [7, 11) is 5.82. The number of ether oxygens (including phenoxy) is 1. The Morgan fingerprint density at radius 2 is 2.16 bits per heavy atom. The maximum Gasteiger partial charge on any atom is 0.119 e. The lowest BCUT2D eigenvalue weighted by atomic mass is 10.2. The van der Waals surface area contributed by atoms with Crippen LogP contribution in [0.15, 0.2) is 24.3 Å². The highest BCUT2D eigenvalue weighted by atomic mass is 16.5. The molecule has 0 amide bonds. The number of terminal acetylenes is 1. The van der Waals surface area contributed by atoms with Gasteiger partial charge in [-0.05, 0) is 38.2 Å². The van der Waals surface area contributed by atoms with Gasteiger partial charge < -0.3 is 9.30 Å². The summed E-state index contributed by atoms with van der Waals surface area (Å²) >= 11 is 0. The molecule has 0 N–H and O–H groups in total. The summed E-state index contributed by atoms with van der Waals surface area (Å²) in [6, 6.07) is 8.62. The molecule has 0 radical (unpaired) electrons. The van der Waals surface area contributed by atoms with Crippen molar-refractivity contribution in [3.05, 3.63) is 30.0 Å². The first-order valence-electron chi connectivity index (χ1n) is 6.35. The lowest BCUT2D eigenvalue weighted by Crippen LogP contribution is -2.24. The van der Waals surface area contributed by atoms with E-state index in [-0.39, 0.29) is 6.04 Å². The fourth-order valence-electron chi connectivity index (χ4n) is 2.38. The van der Waals surface area contributed by atoms with Crippen molar-refractivity contribution in [1.29, 1.82) is 0 Å². The minimum absolute atomic E-state index is 0.277. The number of hydrogen-bond acceptors (Lipinski definition) is 2. The number of hydrogen-bond donors (Lipinski definition) is 0. The highest BCUT2D eigenvalue weighted by Crippen LogP contribution is 2.28. The van der Waals surface area contributed by atoms with Crippen molar-refractivity contribution >= 4 is 10.9 Å². The Morgan fingerprint density at radius 1 is 1.42 bits per heavy atom. The maximum atomic E-state index is 5.38. The van der Waals surface area contributed by atoms with Gasteiger partial charge in [0.1, 0.15) is 5.75 Å². The Kier molecular flexibility index (Phi) is 3.82. The zero-order chi connectivity index (χ0) is 14.0. The first-order chi connectivity index (χ1) is 9.08. The van der Waals surface area contributed by atoms with Gasteiger partial charge >= 0.3 is 0 Å². The predicted octanol–water partition coefficient (Wildman–Crippen LogP) is 2.81. The Balaban J connectivity index is 2.44. The number of methoxy groups -OCH3 is 1. The summed E-state index contributed by atoms with van der Waals surface area (Å²) < 4.78 is 7.49. The molecule has 1 aromatic carbocycles. The average Bonchev–Trinajstić information content (AvgIpc) is 2.74. The molecule has 1 atom stereocenters. The van der Waals surface area contributed by atoms with Crippen LogP contribution in [-0.4, -0.2) is 30.2 Å². The van der Waals surface area contributed by atoms with E-state index in [1.807, 2.05) is 13.1 Å². The van der Waals surface area contributed by atoms with Crippen LogP contribution in [0, 0.1) is 12.3 Å². The summed E-state index contributed by atoms with van der Waals surface area (Å²) in [5.41, 5.74) is 2.46. The number of fused-ring (bicyclic) bond motifs is 1. The van der Waals surface area contributed by atoms with E-state index in [0.29, 0.717) is 6.54 Å². The standard InChI is InChI=1S/C16H20N2O/c1-6-9-17(3)12(2)16-11-13-10-14(19-5)7-8-15(13)18(16)4/h1,7-8,10-12H,9H2,2-5H3. The monoisotopic (exact) mass is 256 g/mol. The van der Waals surface area contributed by atoms with E-state index in [1.165, 1.54) is 16.6 Å². The van der Waals surface area contributed by atoms with Gasteiger partial charge in [-0.25, -0.2) is 0 Å². The van der Waals surface area contributed by atoms with Crippen molar-refractivity contribution in [2.75, 3.05) is 20.7 Å². The molecule has 19 heavy (non-hydrogen) atoms. The van der Waals surface area contributed by atoms with Gasteiger partial charge in [0.15, 0.2) is 0 Å².